The van der Waals surface area contributed by atoms with E-state index >= 15 is 0 Å². The molecular weight excluding hydrogens is 151 g/mol. The quantitative estimate of drug-likeness (QED) is 0.414. The minimum atomic E-state index is 0. The fraction of sp³-hybridized carbons (Fsp3) is 0.333. The minimum Gasteiger partial charge on any atom is -0.268 e. The summed E-state index contributed by atoms with van der Waals surface area (Å²) in [6.07, 6.45) is 6.65. The molecule has 0 bridgehead atoms. The summed E-state index contributed by atoms with van der Waals surface area (Å²) in [6, 6.07) is 6.65. The molecule has 13 heavy (non-hydrogen) atoms. The zero-order chi connectivity index (χ0) is 8.55. The summed E-state index contributed by atoms with van der Waals surface area (Å²) >= 11 is 0. The molecule has 0 saturated heterocycles. The minimum absolute atomic E-state index is 0. The van der Waals surface area contributed by atoms with Gasteiger partial charge in [-0.2, -0.15) is 5.56 Å². The molecule has 1 aromatic rings. The molecule has 0 N–H and O–H groups in total. The van der Waals surface area contributed by atoms with Crippen LogP contribution in [0, 0.1) is 13.0 Å². The second-order valence-corrected chi connectivity index (χ2v) is 3.40. The van der Waals surface area contributed by atoms with Gasteiger partial charge in [0.2, 0.25) is 0 Å². The standard InChI is InChI=1S/C12H13.Li/c1-3-10-5-6-11-8-9(2)4-7-12(10)11;/h4,6-8,10H,3H2,1-2H3;/q-1;+1. The van der Waals surface area contributed by atoms with E-state index in [1.165, 1.54) is 16.7 Å². The van der Waals surface area contributed by atoms with Crippen LogP contribution < -0.4 is 18.9 Å². The van der Waals surface area contributed by atoms with E-state index in [0.717, 1.165) is 6.42 Å². The van der Waals surface area contributed by atoms with E-state index in [1.807, 2.05) is 0 Å². The average molecular weight is 164 g/mol. The molecule has 1 heteroatoms. The summed E-state index contributed by atoms with van der Waals surface area (Å²) in [5.74, 6) is 0.542. The number of allylic oxidation sites excluding steroid dienone is 1. The van der Waals surface area contributed by atoms with Crippen LogP contribution >= 0.6 is 0 Å². The molecule has 0 fully saturated rings. The summed E-state index contributed by atoms with van der Waals surface area (Å²) in [4.78, 5) is 0. The summed E-state index contributed by atoms with van der Waals surface area (Å²) in [5, 5.41) is 0. The van der Waals surface area contributed by atoms with Crippen molar-refractivity contribution in [2.24, 2.45) is 0 Å². The van der Waals surface area contributed by atoms with Gasteiger partial charge in [-0.15, -0.1) is 11.6 Å². The number of rotatable bonds is 1. The third kappa shape index (κ3) is 1.90. The maximum Gasteiger partial charge on any atom is 1.00 e. The van der Waals surface area contributed by atoms with E-state index in [2.05, 4.69) is 44.2 Å². The molecule has 1 unspecified atom stereocenters. The molecular formula is C12H13Li. The van der Waals surface area contributed by atoms with E-state index in [1.54, 1.807) is 0 Å². The van der Waals surface area contributed by atoms with Gasteiger partial charge >= 0.3 is 18.9 Å². The number of aryl methyl sites for hydroxylation is 1. The van der Waals surface area contributed by atoms with Crippen molar-refractivity contribution in [1.29, 1.82) is 0 Å². The number of fused-ring (bicyclic) bond motifs is 1. The van der Waals surface area contributed by atoms with Gasteiger partial charge in [0.25, 0.3) is 0 Å². The van der Waals surface area contributed by atoms with Crippen LogP contribution in [0.1, 0.15) is 36.0 Å². The monoisotopic (exact) mass is 164 g/mol. The third-order valence-electron chi connectivity index (χ3n) is 2.47. The Morgan fingerprint density at radius 2 is 2.15 bits per heavy atom. The van der Waals surface area contributed by atoms with Crippen LogP contribution in [0.3, 0.4) is 0 Å². The van der Waals surface area contributed by atoms with Crippen LogP contribution in [0.15, 0.2) is 18.2 Å². The van der Waals surface area contributed by atoms with E-state index in [-0.39, 0.29) is 18.9 Å². The van der Waals surface area contributed by atoms with Gasteiger partial charge in [-0.3, -0.25) is 6.08 Å². The van der Waals surface area contributed by atoms with Gasteiger partial charge in [0.1, 0.15) is 0 Å². The summed E-state index contributed by atoms with van der Waals surface area (Å²) in [6.45, 7) is 4.34. The smallest absolute Gasteiger partial charge is 0.268 e. The van der Waals surface area contributed by atoms with E-state index < -0.39 is 0 Å². The van der Waals surface area contributed by atoms with Crippen molar-refractivity contribution >= 4 is 6.08 Å². The molecule has 1 aromatic carbocycles. The second-order valence-electron chi connectivity index (χ2n) is 3.40. The molecule has 1 atom stereocenters. The maximum absolute atomic E-state index is 3.37. The Morgan fingerprint density at radius 3 is 2.85 bits per heavy atom. The van der Waals surface area contributed by atoms with Crippen molar-refractivity contribution in [3.63, 3.8) is 0 Å². The molecule has 0 heterocycles. The molecule has 0 aliphatic heterocycles. The van der Waals surface area contributed by atoms with Crippen molar-refractivity contribution in [3.05, 3.63) is 41.0 Å². The molecule has 0 amide bonds. The molecule has 62 valence electrons. The van der Waals surface area contributed by atoms with E-state index in [4.69, 9.17) is 0 Å². The second kappa shape index (κ2) is 4.18. The van der Waals surface area contributed by atoms with E-state index in [9.17, 15) is 0 Å². The first kappa shape index (κ1) is 10.6. The number of benzene rings is 1. The van der Waals surface area contributed by atoms with Crippen molar-refractivity contribution < 1.29 is 18.9 Å². The van der Waals surface area contributed by atoms with Crippen LogP contribution in [0.4, 0.5) is 0 Å². The zero-order valence-electron chi connectivity index (χ0n) is 8.59. The van der Waals surface area contributed by atoms with Crippen LogP contribution in [0.5, 0.6) is 0 Å². The maximum atomic E-state index is 3.37. The van der Waals surface area contributed by atoms with Gasteiger partial charge < -0.3 is 0 Å². The van der Waals surface area contributed by atoms with Crippen LogP contribution in [0.2, 0.25) is 0 Å². The summed E-state index contributed by atoms with van der Waals surface area (Å²) < 4.78 is 0. The zero-order valence-corrected chi connectivity index (χ0v) is 8.59. The molecule has 1 aliphatic rings. The van der Waals surface area contributed by atoms with Gasteiger partial charge in [-0.05, 0) is 6.92 Å². The van der Waals surface area contributed by atoms with Crippen molar-refractivity contribution in [2.45, 2.75) is 26.2 Å². The predicted molar refractivity (Wildman–Crippen MR) is 51.9 cm³/mol. The molecule has 0 radical (unpaired) electrons. The summed E-state index contributed by atoms with van der Waals surface area (Å²) in [5.41, 5.74) is 4.15. The fourth-order valence-corrected chi connectivity index (χ4v) is 1.75. The topological polar surface area (TPSA) is 0 Å². The SMILES string of the molecule is CCC1[C-]=Cc2cc(C)ccc21.[Li+]. The van der Waals surface area contributed by atoms with Gasteiger partial charge in [0.05, 0.1) is 0 Å². The first-order valence-corrected chi connectivity index (χ1v) is 4.51. The Balaban J connectivity index is 0.000000845. The largest absolute Gasteiger partial charge is 1.00 e. The number of hydrogen-bond acceptors (Lipinski definition) is 0. The van der Waals surface area contributed by atoms with Crippen LogP contribution in [-0.4, -0.2) is 0 Å². The van der Waals surface area contributed by atoms with Gasteiger partial charge in [-0.25, -0.2) is 6.08 Å². The van der Waals surface area contributed by atoms with E-state index in [0.29, 0.717) is 5.92 Å². The van der Waals surface area contributed by atoms with Crippen LogP contribution in [-0.2, 0) is 0 Å². The van der Waals surface area contributed by atoms with Crippen molar-refractivity contribution in [1.82, 2.24) is 0 Å². The number of hydrogen-bond donors (Lipinski definition) is 0. The molecule has 0 nitrogen and oxygen atoms in total. The van der Waals surface area contributed by atoms with Gasteiger partial charge in [0, 0.05) is 0 Å². The van der Waals surface area contributed by atoms with Gasteiger partial charge in [-0.1, -0.05) is 37.0 Å². The van der Waals surface area contributed by atoms with Gasteiger partial charge in [0.15, 0.2) is 0 Å². The Morgan fingerprint density at radius 1 is 1.38 bits per heavy atom. The third-order valence-corrected chi connectivity index (χ3v) is 2.47. The normalized spacial score (nSPS) is 18.2. The first-order chi connectivity index (χ1) is 5.81. The Hall–Kier alpha value is -0.443. The fourth-order valence-electron chi connectivity index (χ4n) is 1.75. The Kier molecular flexibility index (Phi) is 3.42. The van der Waals surface area contributed by atoms with Crippen molar-refractivity contribution in [2.75, 3.05) is 0 Å². The Labute approximate surface area is 92.2 Å². The van der Waals surface area contributed by atoms with Crippen LogP contribution in [0.25, 0.3) is 6.08 Å². The molecule has 1 aliphatic carbocycles. The molecule has 0 saturated carbocycles. The molecule has 0 spiro atoms. The Bertz CT molecular complexity index is 326. The van der Waals surface area contributed by atoms with Crippen molar-refractivity contribution in [3.8, 4) is 0 Å². The molecule has 0 aromatic heterocycles. The summed E-state index contributed by atoms with van der Waals surface area (Å²) in [7, 11) is 0. The molecule has 2 rings (SSSR count). The predicted octanol–water partition coefficient (Wildman–Crippen LogP) is 0.323. The first-order valence-electron chi connectivity index (χ1n) is 4.51. The average Bonchev–Trinajstić information content (AvgIpc) is 2.46.